The van der Waals surface area contributed by atoms with Gasteiger partial charge in [-0.15, -0.1) is 0 Å². The van der Waals surface area contributed by atoms with Crippen molar-refractivity contribution in [2.24, 2.45) is 5.73 Å². The van der Waals surface area contributed by atoms with Gasteiger partial charge in [0.25, 0.3) is 0 Å². The van der Waals surface area contributed by atoms with Crippen LogP contribution in [-0.4, -0.2) is 5.11 Å². The van der Waals surface area contributed by atoms with E-state index in [2.05, 4.69) is 0 Å². The standard InChI is InChI=1S/C10H14FNO/c1-2-3-10(12)8-5-4-7(13)6-9(8)11/h4-6,10,13H,2-3,12H2,1H3. The molecule has 1 aromatic rings. The van der Waals surface area contributed by atoms with Gasteiger partial charge in [-0.25, -0.2) is 4.39 Å². The molecule has 2 nitrogen and oxygen atoms in total. The van der Waals surface area contributed by atoms with Crippen LogP contribution in [0.3, 0.4) is 0 Å². The molecule has 0 radical (unpaired) electrons. The topological polar surface area (TPSA) is 46.2 Å². The van der Waals surface area contributed by atoms with Crippen LogP contribution in [0.25, 0.3) is 0 Å². The largest absolute Gasteiger partial charge is 0.508 e. The molecule has 0 aliphatic heterocycles. The molecule has 1 rings (SSSR count). The third-order valence-electron chi connectivity index (χ3n) is 1.98. The minimum Gasteiger partial charge on any atom is -0.508 e. The van der Waals surface area contributed by atoms with Crippen molar-refractivity contribution in [3.8, 4) is 5.75 Å². The molecule has 72 valence electrons. The van der Waals surface area contributed by atoms with Gasteiger partial charge in [-0.1, -0.05) is 19.4 Å². The van der Waals surface area contributed by atoms with Gasteiger partial charge in [0.15, 0.2) is 0 Å². The van der Waals surface area contributed by atoms with Gasteiger partial charge in [0.05, 0.1) is 0 Å². The van der Waals surface area contributed by atoms with E-state index in [4.69, 9.17) is 10.8 Å². The maximum atomic E-state index is 13.2. The number of nitrogens with two attached hydrogens (primary N) is 1. The lowest BCUT2D eigenvalue weighted by molar-refractivity contribution is 0.465. The Hall–Kier alpha value is -1.09. The molecule has 1 aromatic carbocycles. The van der Waals surface area contributed by atoms with Crippen molar-refractivity contribution in [2.45, 2.75) is 25.8 Å². The SMILES string of the molecule is CCCC(N)c1ccc(O)cc1F. The van der Waals surface area contributed by atoms with E-state index in [1.165, 1.54) is 12.1 Å². The Balaban J connectivity index is 2.88. The van der Waals surface area contributed by atoms with Crippen molar-refractivity contribution in [1.82, 2.24) is 0 Å². The zero-order chi connectivity index (χ0) is 9.84. The third kappa shape index (κ3) is 2.42. The van der Waals surface area contributed by atoms with Crippen LogP contribution in [-0.2, 0) is 0 Å². The molecule has 0 aliphatic rings. The second-order valence-electron chi connectivity index (χ2n) is 3.10. The van der Waals surface area contributed by atoms with Crippen LogP contribution in [0, 0.1) is 5.82 Å². The summed E-state index contributed by atoms with van der Waals surface area (Å²) < 4.78 is 13.2. The fraction of sp³-hybridized carbons (Fsp3) is 0.400. The zero-order valence-electron chi connectivity index (χ0n) is 7.63. The summed E-state index contributed by atoms with van der Waals surface area (Å²) in [5.74, 6) is -0.495. The van der Waals surface area contributed by atoms with E-state index in [0.29, 0.717) is 5.56 Å². The van der Waals surface area contributed by atoms with Crippen molar-refractivity contribution in [1.29, 1.82) is 0 Å². The molecule has 0 saturated heterocycles. The van der Waals surface area contributed by atoms with Gasteiger partial charge in [0, 0.05) is 17.7 Å². The lowest BCUT2D eigenvalue weighted by atomic mass is 10.0. The van der Waals surface area contributed by atoms with Crippen molar-refractivity contribution in [2.75, 3.05) is 0 Å². The first kappa shape index (κ1) is 9.99. The van der Waals surface area contributed by atoms with Gasteiger partial charge in [0.2, 0.25) is 0 Å². The maximum absolute atomic E-state index is 13.2. The van der Waals surface area contributed by atoms with Crippen molar-refractivity contribution < 1.29 is 9.50 Å². The van der Waals surface area contributed by atoms with Crippen LogP contribution in [0.2, 0.25) is 0 Å². The third-order valence-corrected chi connectivity index (χ3v) is 1.98. The Morgan fingerprint density at radius 2 is 2.23 bits per heavy atom. The van der Waals surface area contributed by atoms with Gasteiger partial charge in [0.1, 0.15) is 11.6 Å². The molecule has 13 heavy (non-hydrogen) atoms. The first-order valence-electron chi connectivity index (χ1n) is 4.39. The van der Waals surface area contributed by atoms with E-state index in [-0.39, 0.29) is 11.8 Å². The van der Waals surface area contributed by atoms with E-state index in [0.717, 1.165) is 18.9 Å². The highest BCUT2D eigenvalue weighted by molar-refractivity contribution is 5.29. The average molecular weight is 183 g/mol. The van der Waals surface area contributed by atoms with Crippen LogP contribution in [0.4, 0.5) is 4.39 Å². The minimum absolute atomic E-state index is 0.0649. The Bertz CT molecular complexity index is 288. The molecule has 1 atom stereocenters. The fourth-order valence-electron chi connectivity index (χ4n) is 1.28. The van der Waals surface area contributed by atoms with Crippen molar-refractivity contribution >= 4 is 0 Å². The summed E-state index contributed by atoms with van der Waals surface area (Å²) in [6.07, 6.45) is 1.67. The summed E-state index contributed by atoms with van der Waals surface area (Å²) >= 11 is 0. The molecule has 0 bridgehead atoms. The van der Waals surface area contributed by atoms with Crippen molar-refractivity contribution in [3.63, 3.8) is 0 Å². The average Bonchev–Trinajstić information content (AvgIpc) is 2.04. The van der Waals surface area contributed by atoms with E-state index in [1.807, 2.05) is 6.92 Å². The van der Waals surface area contributed by atoms with Crippen LogP contribution >= 0.6 is 0 Å². The Kier molecular flexibility index (Phi) is 3.25. The van der Waals surface area contributed by atoms with Crippen LogP contribution in [0.5, 0.6) is 5.75 Å². The van der Waals surface area contributed by atoms with Crippen LogP contribution in [0.1, 0.15) is 31.4 Å². The molecule has 0 spiro atoms. The monoisotopic (exact) mass is 183 g/mol. The fourth-order valence-corrected chi connectivity index (χ4v) is 1.28. The van der Waals surface area contributed by atoms with E-state index < -0.39 is 5.82 Å². The van der Waals surface area contributed by atoms with Crippen LogP contribution in [0.15, 0.2) is 18.2 Å². The summed E-state index contributed by atoms with van der Waals surface area (Å²) in [6.45, 7) is 2.00. The molecule has 3 heteroatoms. The van der Waals surface area contributed by atoms with Gasteiger partial charge in [-0.05, 0) is 12.5 Å². The summed E-state index contributed by atoms with van der Waals surface area (Å²) in [5.41, 5.74) is 6.21. The molecular formula is C10H14FNO. The minimum atomic E-state index is -0.430. The van der Waals surface area contributed by atoms with E-state index in [1.54, 1.807) is 0 Å². The number of rotatable bonds is 3. The predicted octanol–water partition coefficient (Wildman–Crippen LogP) is 2.33. The van der Waals surface area contributed by atoms with Gasteiger partial charge < -0.3 is 10.8 Å². The molecule has 0 aromatic heterocycles. The smallest absolute Gasteiger partial charge is 0.131 e. The highest BCUT2D eigenvalue weighted by atomic mass is 19.1. The molecule has 0 amide bonds. The number of hydrogen-bond acceptors (Lipinski definition) is 2. The second kappa shape index (κ2) is 4.23. The van der Waals surface area contributed by atoms with Crippen LogP contribution < -0.4 is 5.73 Å². The number of phenols is 1. The Morgan fingerprint density at radius 3 is 2.77 bits per heavy atom. The normalized spacial score (nSPS) is 12.8. The van der Waals surface area contributed by atoms with Gasteiger partial charge >= 0.3 is 0 Å². The lowest BCUT2D eigenvalue weighted by Gasteiger charge is -2.11. The van der Waals surface area contributed by atoms with Gasteiger partial charge in [-0.2, -0.15) is 0 Å². The summed E-state index contributed by atoms with van der Waals surface area (Å²) in [6, 6.07) is 3.80. The quantitative estimate of drug-likeness (QED) is 0.755. The van der Waals surface area contributed by atoms with Crippen molar-refractivity contribution in [3.05, 3.63) is 29.6 Å². The Labute approximate surface area is 77.2 Å². The lowest BCUT2D eigenvalue weighted by Crippen LogP contribution is -2.11. The second-order valence-corrected chi connectivity index (χ2v) is 3.10. The first-order chi connectivity index (χ1) is 6.15. The maximum Gasteiger partial charge on any atom is 0.131 e. The number of halogens is 1. The number of aromatic hydroxyl groups is 1. The van der Waals surface area contributed by atoms with E-state index in [9.17, 15) is 4.39 Å². The first-order valence-corrected chi connectivity index (χ1v) is 4.39. The molecular weight excluding hydrogens is 169 g/mol. The highest BCUT2D eigenvalue weighted by Crippen LogP contribution is 2.22. The zero-order valence-corrected chi connectivity index (χ0v) is 7.63. The van der Waals surface area contributed by atoms with E-state index >= 15 is 0 Å². The summed E-state index contributed by atoms with van der Waals surface area (Å²) in [7, 11) is 0. The predicted molar refractivity (Wildman–Crippen MR) is 49.9 cm³/mol. The van der Waals surface area contributed by atoms with Gasteiger partial charge in [-0.3, -0.25) is 0 Å². The molecule has 0 heterocycles. The highest BCUT2D eigenvalue weighted by Gasteiger charge is 2.10. The number of benzene rings is 1. The molecule has 0 saturated carbocycles. The number of phenolic OH excluding ortho intramolecular Hbond substituents is 1. The summed E-state index contributed by atoms with van der Waals surface area (Å²) in [4.78, 5) is 0. The Morgan fingerprint density at radius 1 is 1.54 bits per heavy atom. The molecule has 1 unspecified atom stereocenters. The molecule has 3 N–H and O–H groups in total. The molecule has 0 aliphatic carbocycles. The molecule has 0 fully saturated rings. The summed E-state index contributed by atoms with van der Waals surface area (Å²) in [5, 5.41) is 8.97. The number of hydrogen-bond donors (Lipinski definition) is 2.